The third kappa shape index (κ3) is 4.20. The zero-order chi connectivity index (χ0) is 20.9. The molecule has 1 aromatic heterocycles. The maximum atomic E-state index is 6.17. The number of fused-ring (bicyclic) bond motifs is 1. The molecule has 1 aliphatic rings. The van der Waals surface area contributed by atoms with E-state index in [2.05, 4.69) is 17.9 Å². The number of aryl methyl sites for hydroxylation is 1. The van der Waals surface area contributed by atoms with Crippen LogP contribution in [0, 0.1) is 6.92 Å². The molecule has 1 saturated heterocycles. The van der Waals surface area contributed by atoms with Crippen molar-refractivity contribution in [2.24, 2.45) is 0 Å². The van der Waals surface area contributed by atoms with Crippen molar-refractivity contribution >= 4 is 10.9 Å². The third-order valence-corrected chi connectivity index (χ3v) is 5.45. The fourth-order valence-corrected chi connectivity index (χ4v) is 3.86. The Hall–Kier alpha value is -2.83. The third-order valence-electron chi connectivity index (χ3n) is 5.45. The van der Waals surface area contributed by atoms with Gasteiger partial charge in [0.25, 0.3) is 0 Å². The second kappa shape index (κ2) is 9.32. The fourth-order valence-electron chi connectivity index (χ4n) is 3.86. The average molecular weight is 408 g/mol. The highest BCUT2D eigenvalue weighted by Crippen LogP contribution is 2.38. The normalized spacial score (nSPS) is 14.6. The molecule has 1 aliphatic heterocycles. The van der Waals surface area contributed by atoms with Gasteiger partial charge in [0, 0.05) is 30.6 Å². The highest BCUT2D eigenvalue weighted by molar-refractivity contribution is 5.94. The summed E-state index contributed by atoms with van der Waals surface area (Å²) in [6, 6.07) is 13.9. The highest BCUT2D eigenvalue weighted by Gasteiger charge is 2.16. The maximum Gasteiger partial charge on any atom is 0.145 e. The van der Waals surface area contributed by atoms with Gasteiger partial charge < -0.3 is 18.9 Å². The molecule has 0 radical (unpaired) electrons. The number of rotatable bonds is 7. The zero-order valence-corrected chi connectivity index (χ0v) is 17.8. The summed E-state index contributed by atoms with van der Waals surface area (Å²) in [4.78, 5) is 7.30. The van der Waals surface area contributed by atoms with Gasteiger partial charge in [-0.2, -0.15) is 0 Å². The second-order valence-corrected chi connectivity index (χ2v) is 7.32. The lowest BCUT2D eigenvalue weighted by Gasteiger charge is -2.26. The van der Waals surface area contributed by atoms with Crippen LogP contribution in [0.15, 0.2) is 42.5 Å². The molecule has 0 unspecified atom stereocenters. The van der Waals surface area contributed by atoms with Crippen LogP contribution in [-0.4, -0.2) is 63.6 Å². The quantitative estimate of drug-likeness (QED) is 0.590. The predicted molar refractivity (Wildman–Crippen MR) is 118 cm³/mol. The Labute approximate surface area is 177 Å². The Balaban J connectivity index is 1.65. The smallest absolute Gasteiger partial charge is 0.145 e. The maximum absolute atomic E-state index is 6.17. The van der Waals surface area contributed by atoms with Crippen molar-refractivity contribution in [1.29, 1.82) is 0 Å². The standard InChI is InChI=1S/C24H28N2O4/c1-17-16-19(25-24-22(28-3)9-8-21(27-2)23(17)24)18-6-4-5-7-20(18)30-15-12-26-10-13-29-14-11-26/h4-9,16H,10-15H2,1-3H3. The molecule has 3 aromatic rings. The highest BCUT2D eigenvalue weighted by atomic mass is 16.5. The van der Waals surface area contributed by atoms with Crippen molar-refractivity contribution in [3.8, 4) is 28.5 Å². The summed E-state index contributed by atoms with van der Waals surface area (Å²) in [7, 11) is 3.33. The first-order chi connectivity index (χ1) is 14.7. The summed E-state index contributed by atoms with van der Waals surface area (Å²) >= 11 is 0. The number of para-hydroxylation sites is 1. The van der Waals surface area contributed by atoms with Gasteiger partial charge in [-0.1, -0.05) is 12.1 Å². The van der Waals surface area contributed by atoms with Gasteiger partial charge in [-0.05, 0) is 42.8 Å². The van der Waals surface area contributed by atoms with E-state index >= 15 is 0 Å². The summed E-state index contributed by atoms with van der Waals surface area (Å²) in [5.74, 6) is 2.35. The first kappa shape index (κ1) is 20.4. The van der Waals surface area contributed by atoms with E-state index in [1.165, 1.54) is 0 Å². The Bertz CT molecular complexity index is 1020. The van der Waals surface area contributed by atoms with Crippen LogP contribution in [0.25, 0.3) is 22.2 Å². The lowest BCUT2D eigenvalue weighted by Crippen LogP contribution is -2.38. The number of methoxy groups -OCH3 is 2. The van der Waals surface area contributed by atoms with Crippen molar-refractivity contribution in [3.05, 3.63) is 48.0 Å². The molecule has 0 amide bonds. The number of nitrogens with zero attached hydrogens (tertiary/aromatic N) is 2. The van der Waals surface area contributed by atoms with Gasteiger partial charge in [0.15, 0.2) is 0 Å². The van der Waals surface area contributed by atoms with E-state index in [4.69, 9.17) is 23.9 Å². The Morgan fingerprint density at radius 3 is 2.47 bits per heavy atom. The summed E-state index contributed by atoms with van der Waals surface area (Å²) in [6.45, 7) is 7.07. The molecule has 0 bridgehead atoms. The van der Waals surface area contributed by atoms with E-state index in [1.54, 1.807) is 14.2 Å². The van der Waals surface area contributed by atoms with Crippen LogP contribution in [0.2, 0.25) is 0 Å². The molecule has 0 aliphatic carbocycles. The predicted octanol–water partition coefficient (Wildman–Crippen LogP) is 3.94. The number of pyridine rings is 1. The summed E-state index contributed by atoms with van der Waals surface area (Å²) in [6.07, 6.45) is 0. The number of morpholine rings is 1. The minimum absolute atomic E-state index is 0.626. The number of ether oxygens (including phenoxy) is 4. The van der Waals surface area contributed by atoms with Gasteiger partial charge in [-0.25, -0.2) is 4.98 Å². The molecule has 30 heavy (non-hydrogen) atoms. The van der Waals surface area contributed by atoms with Crippen LogP contribution in [0.5, 0.6) is 17.2 Å². The molecule has 158 valence electrons. The van der Waals surface area contributed by atoms with Crippen LogP contribution in [0.3, 0.4) is 0 Å². The van der Waals surface area contributed by atoms with E-state index in [0.717, 1.165) is 77.8 Å². The molecule has 0 N–H and O–H groups in total. The fraction of sp³-hybridized carbons (Fsp3) is 0.375. The Morgan fingerprint density at radius 2 is 1.70 bits per heavy atom. The van der Waals surface area contributed by atoms with E-state index in [0.29, 0.717) is 6.61 Å². The van der Waals surface area contributed by atoms with Crippen molar-refractivity contribution in [1.82, 2.24) is 9.88 Å². The molecule has 4 rings (SSSR count). The minimum atomic E-state index is 0.626. The first-order valence-corrected chi connectivity index (χ1v) is 10.3. The lowest BCUT2D eigenvalue weighted by molar-refractivity contribution is 0.0323. The van der Waals surface area contributed by atoms with Gasteiger partial charge >= 0.3 is 0 Å². The monoisotopic (exact) mass is 408 g/mol. The number of hydrogen-bond acceptors (Lipinski definition) is 6. The molecular weight excluding hydrogens is 380 g/mol. The van der Waals surface area contributed by atoms with E-state index in [-0.39, 0.29) is 0 Å². The molecule has 0 saturated carbocycles. The van der Waals surface area contributed by atoms with Crippen molar-refractivity contribution < 1.29 is 18.9 Å². The first-order valence-electron chi connectivity index (χ1n) is 10.3. The van der Waals surface area contributed by atoms with E-state index in [1.807, 2.05) is 36.4 Å². The molecule has 1 fully saturated rings. The Morgan fingerprint density at radius 1 is 0.967 bits per heavy atom. The summed E-state index contributed by atoms with van der Waals surface area (Å²) < 4.78 is 22.7. The van der Waals surface area contributed by atoms with Gasteiger partial charge in [0.2, 0.25) is 0 Å². The van der Waals surface area contributed by atoms with Crippen LogP contribution < -0.4 is 14.2 Å². The number of benzene rings is 2. The SMILES string of the molecule is COc1ccc(OC)c2c(C)cc(-c3ccccc3OCCN3CCOCC3)nc12. The largest absolute Gasteiger partial charge is 0.496 e. The topological polar surface area (TPSA) is 53.0 Å². The average Bonchev–Trinajstić information content (AvgIpc) is 2.79. The molecule has 0 spiro atoms. The van der Waals surface area contributed by atoms with Crippen LogP contribution in [-0.2, 0) is 4.74 Å². The summed E-state index contributed by atoms with van der Waals surface area (Å²) in [5, 5.41) is 0.964. The van der Waals surface area contributed by atoms with E-state index < -0.39 is 0 Å². The van der Waals surface area contributed by atoms with Crippen LogP contribution in [0.4, 0.5) is 0 Å². The van der Waals surface area contributed by atoms with Gasteiger partial charge in [0.05, 0.1) is 33.1 Å². The van der Waals surface area contributed by atoms with Crippen molar-refractivity contribution in [3.63, 3.8) is 0 Å². The van der Waals surface area contributed by atoms with Gasteiger partial charge in [0.1, 0.15) is 29.4 Å². The van der Waals surface area contributed by atoms with Gasteiger partial charge in [-0.3, -0.25) is 4.90 Å². The minimum Gasteiger partial charge on any atom is -0.496 e. The molecule has 2 heterocycles. The number of aromatic nitrogens is 1. The van der Waals surface area contributed by atoms with Crippen molar-refractivity contribution in [2.75, 3.05) is 53.7 Å². The molecule has 6 nitrogen and oxygen atoms in total. The molecule has 0 atom stereocenters. The lowest BCUT2D eigenvalue weighted by atomic mass is 10.0. The second-order valence-electron chi connectivity index (χ2n) is 7.32. The molecule has 6 heteroatoms. The van der Waals surface area contributed by atoms with E-state index in [9.17, 15) is 0 Å². The van der Waals surface area contributed by atoms with Crippen LogP contribution in [0.1, 0.15) is 5.56 Å². The zero-order valence-electron chi connectivity index (χ0n) is 17.8. The molecule has 2 aromatic carbocycles. The molecular formula is C24H28N2O4. The summed E-state index contributed by atoms with van der Waals surface area (Å²) in [5.41, 5.74) is 3.69. The van der Waals surface area contributed by atoms with Crippen molar-refractivity contribution in [2.45, 2.75) is 6.92 Å². The van der Waals surface area contributed by atoms with Gasteiger partial charge in [-0.15, -0.1) is 0 Å². The number of hydrogen-bond donors (Lipinski definition) is 0. The van der Waals surface area contributed by atoms with Crippen LogP contribution >= 0.6 is 0 Å². The Kier molecular flexibility index (Phi) is 6.35.